The van der Waals surface area contributed by atoms with Crippen LogP contribution in [0.4, 0.5) is 5.69 Å². The molecule has 2 aromatic carbocycles. The molecule has 1 amide bonds. The predicted molar refractivity (Wildman–Crippen MR) is 214 cm³/mol. The molecule has 1 aliphatic carbocycles. The van der Waals surface area contributed by atoms with E-state index in [1.54, 1.807) is 18.2 Å². The average Bonchev–Trinajstić information content (AvgIpc) is 3.74. The van der Waals surface area contributed by atoms with Gasteiger partial charge in [0, 0.05) is 108 Å². The van der Waals surface area contributed by atoms with E-state index in [1.165, 1.54) is 0 Å². The van der Waals surface area contributed by atoms with Gasteiger partial charge in [0.25, 0.3) is 5.91 Å². The lowest BCUT2D eigenvalue weighted by Gasteiger charge is -2.36. The summed E-state index contributed by atoms with van der Waals surface area (Å²) in [5, 5.41) is 23.1. The highest BCUT2D eigenvalue weighted by atomic mass is 35.5. The Balaban J connectivity index is 0.956. The summed E-state index contributed by atoms with van der Waals surface area (Å²) in [4.78, 5) is 53.4. The molecule has 0 atom stereocenters. The highest BCUT2D eigenvalue weighted by Crippen LogP contribution is 2.37. The third-order valence-electron chi connectivity index (χ3n) is 12.6. The average molecular weight is 793 g/mol. The molecule has 1 saturated heterocycles. The van der Waals surface area contributed by atoms with Gasteiger partial charge in [0.2, 0.25) is 5.78 Å². The van der Waals surface area contributed by atoms with Crippen molar-refractivity contribution in [2.45, 2.75) is 76.9 Å². The number of fused-ring (bicyclic) bond motifs is 2. The normalized spacial score (nSPS) is 20.4. The van der Waals surface area contributed by atoms with Crippen molar-refractivity contribution in [3.63, 3.8) is 0 Å². The lowest BCUT2D eigenvalue weighted by atomic mass is 9.81. The first-order valence-electron chi connectivity index (χ1n) is 20.1. The third kappa shape index (κ3) is 7.88. The number of imidazole rings is 2. The summed E-state index contributed by atoms with van der Waals surface area (Å²) >= 11 is 7.04. The topological polar surface area (TPSA) is 159 Å². The lowest BCUT2D eigenvalue weighted by Crippen LogP contribution is -2.42. The molecular weight excluding hydrogens is 744 g/mol. The number of carbonyl (C=O) groups excluding carboxylic acids is 2. The van der Waals surface area contributed by atoms with Gasteiger partial charge < -0.3 is 24.3 Å². The van der Waals surface area contributed by atoms with E-state index in [9.17, 15) is 24.8 Å². The molecule has 4 aliphatic rings. The van der Waals surface area contributed by atoms with Crippen LogP contribution in [-0.4, -0.2) is 90.6 Å². The molecule has 0 unspecified atom stereocenters. The van der Waals surface area contributed by atoms with Crippen LogP contribution in [-0.2, 0) is 56.0 Å². The smallest absolute Gasteiger partial charge is 0.306 e. The minimum atomic E-state index is -0.692. The zero-order chi connectivity index (χ0) is 39.8. The fraction of sp³-hybridized carbons (Fsp3) is 0.488. The monoisotopic (exact) mass is 792 g/mol. The first kappa shape index (κ1) is 39.0. The summed E-state index contributed by atoms with van der Waals surface area (Å²) in [5.41, 5.74) is 6.28. The number of nitrogens with one attached hydrogen (secondary N) is 1. The SMILES string of the molecule is Cn1c(C(=O)Cc2cccc(-c3cccc(NC(=O)c4nc5c(n4C)CCN(CC4CCC(C(=O)O)CC4)C5)c3C#N)c2Cl)nc2c1CCN(C1CCOCC1)C2. The van der Waals surface area contributed by atoms with Crippen LogP contribution >= 0.6 is 11.6 Å². The van der Waals surface area contributed by atoms with Crippen LogP contribution in [0.5, 0.6) is 0 Å². The molecule has 2 fully saturated rings. The number of hydrogen-bond acceptors (Lipinski definition) is 9. The number of carbonyl (C=O) groups is 3. The van der Waals surface area contributed by atoms with Gasteiger partial charge in [-0.15, -0.1) is 0 Å². The van der Waals surface area contributed by atoms with E-state index >= 15 is 0 Å². The van der Waals surface area contributed by atoms with Crippen LogP contribution < -0.4 is 5.32 Å². The number of carboxylic acid groups (broad SMARTS) is 1. The van der Waals surface area contributed by atoms with Crippen LogP contribution in [0.25, 0.3) is 11.1 Å². The van der Waals surface area contributed by atoms with Gasteiger partial charge in [0.05, 0.1) is 33.6 Å². The van der Waals surface area contributed by atoms with Gasteiger partial charge >= 0.3 is 5.97 Å². The number of ketones is 1. The number of halogens is 1. The number of hydrogen-bond donors (Lipinski definition) is 2. The number of nitriles is 1. The first-order chi connectivity index (χ1) is 27.6. The van der Waals surface area contributed by atoms with Crippen LogP contribution in [0.1, 0.15) is 93.7 Å². The molecule has 57 heavy (non-hydrogen) atoms. The molecule has 2 aromatic heterocycles. The van der Waals surface area contributed by atoms with Crippen LogP contribution in [0.2, 0.25) is 5.02 Å². The quantitative estimate of drug-likeness (QED) is 0.188. The van der Waals surface area contributed by atoms with E-state index in [4.69, 9.17) is 26.3 Å². The number of amides is 1. The van der Waals surface area contributed by atoms with Crippen molar-refractivity contribution in [2.24, 2.45) is 25.9 Å². The molecular formula is C43H49ClN8O5. The summed E-state index contributed by atoms with van der Waals surface area (Å²) < 4.78 is 9.33. The summed E-state index contributed by atoms with van der Waals surface area (Å²) in [6.07, 6.45) is 6.93. The number of aliphatic carboxylic acids is 1. The largest absolute Gasteiger partial charge is 0.481 e. The number of aromatic nitrogens is 4. The number of nitrogens with zero attached hydrogens (tertiary/aromatic N) is 7. The minimum absolute atomic E-state index is 0.0471. The minimum Gasteiger partial charge on any atom is -0.481 e. The van der Waals surface area contributed by atoms with E-state index in [0.29, 0.717) is 51.7 Å². The molecule has 0 bridgehead atoms. The summed E-state index contributed by atoms with van der Waals surface area (Å²) in [5.74, 6) is -0.329. The van der Waals surface area contributed by atoms with Gasteiger partial charge in [-0.2, -0.15) is 5.26 Å². The maximum absolute atomic E-state index is 13.8. The maximum atomic E-state index is 13.8. The Labute approximate surface area is 337 Å². The molecule has 0 radical (unpaired) electrons. The molecule has 0 spiro atoms. The number of ether oxygens (including phenoxy) is 1. The zero-order valence-corrected chi connectivity index (χ0v) is 33.4. The van der Waals surface area contributed by atoms with Crippen molar-refractivity contribution in [1.82, 2.24) is 28.9 Å². The second-order valence-electron chi connectivity index (χ2n) is 16.1. The highest BCUT2D eigenvalue weighted by Gasteiger charge is 2.32. The number of Topliss-reactive ketones (excluding diaryl/α,β-unsaturated/α-hetero) is 1. The summed E-state index contributed by atoms with van der Waals surface area (Å²) in [7, 11) is 3.76. The molecule has 8 rings (SSSR count). The first-order valence-corrected chi connectivity index (χ1v) is 20.5. The second-order valence-corrected chi connectivity index (χ2v) is 16.4. The van der Waals surface area contributed by atoms with Crippen LogP contribution in [0.3, 0.4) is 0 Å². The van der Waals surface area contributed by atoms with Gasteiger partial charge in [-0.25, -0.2) is 9.97 Å². The molecule has 4 aromatic rings. The van der Waals surface area contributed by atoms with Crippen molar-refractivity contribution in [3.8, 4) is 17.2 Å². The lowest BCUT2D eigenvalue weighted by molar-refractivity contribution is -0.143. The Morgan fingerprint density at radius 1 is 0.895 bits per heavy atom. The van der Waals surface area contributed by atoms with Gasteiger partial charge in [-0.05, 0) is 56.1 Å². The Bertz CT molecular complexity index is 2240. The van der Waals surface area contributed by atoms with Gasteiger partial charge in [-0.3, -0.25) is 24.2 Å². The van der Waals surface area contributed by atoms with Crippen LogP contribution in [0, 0.1) is 23.2 Å². The molecule has 3 aliphatic heterocycles. The standard InChI is InChI=1S/C43H49ClN8O5/c1-49-37-14-18-52(29-15-19-57-20-16-29)25-35(37)46-40(49)38(53)21-28-5-3-7-31(39(28)44)30-6-4-8-33(32(30)22-45)48-42(54)41-47-34-24-51(17-13-36(34)50(41)2)23-26-9-11-27(12-10-26)43(55)56/h3-8,26-27,29H,9-21,23-25H2,1-2H3,(H,48,54)(H,55,56). The molecule has 5 heterocycles. The number of carboxylic acids is 1. The molecule has 13 nitrogen and oxygen atoms in total. The van der Waals surface area contributed by atoms with E-state index in [2.05, 4.69) is 21.2 Å². The Morgan fingerprint density at radius 3 is 2.30 bits per heavy atom. The Hall–Kier alpha value is -4.87. The summed E-state index contributed by atoms with van der Waals surface area (Å²) in [6.45, 7) is 5.58. The fourth-order valence-corrected chi connectivity index (χ4v) is 9.71. The van der Waals surface area contributed by atoms with Crippen molar-refractivity contribution < 1.29 is 24.2 Å². The van der Waals surface area contributed by atoms with Crippen molar-refractivity contribution in [3.05, 3.63) is 87.0 Å². The van der Waals surface area contributed by atoms with E-state index < -0.39 is 11.9 Å². The van der Waals surface area contributed by atoms with E-state index in [0.717, 1.165) is 114 Å². The predicted octanol–water partition coefficient (Wildman–Crippen LogP) is 5.81. The molecule has 2 N–H and O–H groups in total. The molecule has 298 valence electrons. The second kappa shape index (κ2) is 16.5. The molecule has 1 saturated carbocycles. The Kier molecular flexibility index (Phi) is 11.3. The number of anilines is 1. The number of benzene rings is 2. The Morgan fingerprint density at radius 2 is 1.56 bits per heavy atom. The van der Waals surface area contributed by atoms with Crippen molar-refractivity contribution in [1.29, 1.82) is 5.26 Å². The van der Waals surface area contributed by atoms with E-state index in [1.807, 2.05) is 41.4 Å². The highest BCUT2D eigenvalue weighted by molar-refractivity contribution is 6.34. The zero-order valence-electron chi connectivity index (χ0n) is 32.6. The number of rotatable bonds is 10. The van der Waals surface area contributed by atoms with Gasteiger partial charge in [-0.1, -0.05) is 41.9 Å². The van der Waals surface area contributed by atoms with Gasteiger partial charge in [0.1, 0.15) is 6.07 Å². The molecule has 14 heteroatoms. The van der Waals surface area contributed by atoms with E-state index in [-0.39, 0.29) is 29.5 Å². The van der Waals surface area contributed by atoms with Gasteiger partial charge in [0.15, 0.2) is 11.6 Å². The maximum Gasteiger partial charge on any atom is 0.306 e. The van der Waals surface area contributed by atoms with Crippen molar-refractivity contribution >= 4 is 34.9 Å². The van der Waals surface area contributed by atoms with Crippen LogP contribution in [0.15, 0.2) is 36.4 Å². The summed E-state index contributed by atoms with van der Waals surface area (Å²) in [6, 6.07) is 13.5. The fourth-order valence-electron chi connectivity index (χ4n) is 9.41. The van der Waals surface area contributed by atoms with Crippen molar-refractivity contribution in [2.75, 3.05) is 38.2 Å². The third-order valence-corrected chi connectivity index (χ3v) is 13.1.